The topological polar surface area (TPSA) is 122 Å². The molecule has 0 rings (SSSR count). The number of primary amides is 1. The zero-order valence-electron chi connectivity index (χ0n) is 9.64. The highest BCUT2D eigenvalue weighted by atomic mass is 16.5. The number of nitrogens with zero attached hydrogens (tertiary/aromatic N) is 1. The summed E-state index contributed by atoms with van der Waals surface area (Å²) < 4.78 is 4.82. The van der Waals surface area contributed by atoms with Crippen LogP contribution in [0.4, 0.5) is 4.79 Å². The van der Waals surface area contributed by atoms with Gasteiger partial charge in [0.1, 0.15) is 13.2 Å². The third-order valence-electron chi connectivity index (χ3n) is 1.76. The number of nitrogens with one attached hydrogen (secondary N) is 1. The summed E-state index contributed by atoms with van der Waals surface area (Å²) in [5.41, 5.74) is 4.83. The molecule has 0 aromatic carbocycles. The van der Waals surface area contributed by atoms with Gasteiger partial charge in [-0.05, 0) is 6.92 Å². The molecular weight excluding hydrogens is 230 g/mol. The first-order chi connectivity index (χ1) is 7.97. The zero-order chi connectivity index (χ0) is 13.3. The fourth-order valence-electron chi connectivity index (χ4n) is 1.01. The number of urea groups is 1. The third kappa shape index (κ3) is 8.03. The van der Waals surface area contributed by atoms with Crippen LogP contribution in [0.3, 0.4) is 0 Å². The Morgan fingerprint density at radius 3 is 2.53 bits per heavy atom. The highest BCUT2D eigenvalue weighted by Gasteiger charge is 2.13. The molecule has 0 fully saturated rings. The van der Waals surface area contributed by atoms with E-state index >= 15 is 0 Å². The minimum Gasteiger partial charge on any atom is -0.480 e. The molecule has 0 aliphatic rings. The van der Waals surface area contributed by atoms with Crippen molar-refractivity contribution in [2.75, 3.05) is 32.8 Å². The van der Waals surface area contributed by atoms with Crippen LogP contribution in [-0.4, -0.2) is 60.8 Å². The summed E-state index contributed by atoms with van der Waals surface area (Å²) >= 11 is 0. The molecule has 0 radical (unpaired) electrons. The lowest BCUT2D eigenvalue weighted by Crippen LogP contribution is -2.43. The second-order valence-corrected chi connectivity index (χ2v) is 3.16. The maximum atomic E-state index is 11.4. The zero-order valence-corrected chi connectivity index (χ0v) is 9.64. The monoisotopic (exact) mass is 247 g/mol. The number of hydrogen-bond donors (Lipinski definition) is 3. The van der Waals surface area contributed by atoms with Gasteiger partial charge >= 0.3 is 12.0 Å². The van der Waals surface area contributed by atoms with Gasteiger partial charge in [-0.1, -0.05) is 0 Å². The van der Waals surface area contributed by atoms with Crippen molar-refractivity contribution in [1.29, 1.82) is 0 Å². The number of aliphatic carboxylic acids is 1. The van der Waals surface area contributed by atoms with Crippen LogP contribution in [0.25, 0.3) is 0 Å². The lowest BCUT2D eigenvalue weighted by molar-refractivity contribution is -0.137. The van der Waals surface area contributed by atoms with Gasteiger partial charge < -0.3 is 25.8 Å². The van der Waals surface area contributed by atoms with Crippen molar-refractivity contribution in [1.82, 2.24) is 10.2 Å². The van der Waals surface area contributed by atoms with Gasteiger partial charge in [0.15, 0.2) is 0 Å². The molecule has 0 spiro atoms. The van der Waals surface area contributed by atoms with Crippen LogP contribution < -0.4 is 11.1 Å². The van der Waals surface area contributed by atoms with Gasteiger partial charge in [0.2, 0.25) is 5.91 Å². The van der Waals surface area contributed by atoms with Crippen LogP contribution in [0.1, 0.15) is 6.92 Å². The fourth-order valence-corrected chi connectivity index (χ4v) is 1.01. The number of likely N-dealkylation sites (N-methyl/N-ethyl adjacent to an activating group) is 1. The Balaban J connectivity index is 3.75. The summed E-state index contributed by atoms with van der Waals surface area (Å²) in [4.78, 5) is 33.3. The number of carbonyl (C=O) groups excluding carboxylic acids is 2. The van der Waals surface area contributed by atoms with Crippen LogP contribution in [0.15, 0.2) is 0 Å². The Hall–Kier alpha value is -1.83. The molecule has 0 saturated heterocycles. The van der Waals surface area contributed by atoms with Crippen molar-refractivity contribution in [3.63, 3.8) is 0 Å². The maximum absolute atomic E-state index is 11.4. The third-order valence-corrected chi connectivity index (χ3v) is 1.76. The van der Waals surface area contributed by atoms with Gasteiger partial charge in [0.25, 0.3) is 0 Å². The first kappa shape index (κ1) is 15.2. The molecule has 3 amide bonds. The van der Waals surface area contributed by atoms with Crippen LogP contribution >= 0.6 is 0 Å². The number of amides is 3. The molecule has 0 unspecified atom stereocenters. The van der Waals surface area contributed by atoms with E-state index in [1.54, 1.807) is 6.92 Å². The number of nitrogens with two attached hydrogens (primary N) is 1. The number of carboxylic acids is 1. The Labute approximate surface area is 98.7 Å². The minimum atomic E-state index is -1.08. The van der Waals surface area contributed by atoms with E-state index in [1.165, 1.54) is 0 Å². The first-order valence-corrected chi connectivity index (χ1v) is 5.08. The van der Waals surface area contributed by atoms with E-state index in [9.17, 15) is 14.4 Å². The van der Waals surface area contributed by atoms with Crippen molar-refractivity contribution >= 4 is 17.9 Å². The van der Waals surface area contributed by atoms with E-state index in [0.717, 1.165) is 4.90 Å². The molecule has 0 aromatic heterocycles. The first-order valence-electron chi connectivity index (χ1n) is 5.08. The van der Waals surface area contributed by atoms with Gasteiger partial charge in [0.05, 0.1) is 6.61 Å². The second-order valence-electron chi connectivity index (χ2n) is 3.16. The number of hydrogen-bond acceptors (Lipinski definition) is 4. The number of rotatable bonds is 8. The lowest BCUT2D eigenvalue weighted by Gasteiger charge is -2.18. The summed E-state index contributed by atoms with van der Waals surface area (Å²) in [6.45, 7) is 1.72. The van der Waals surface area contributed by atoms with Gasteiger partial charge in [-0.15, -0.1) is 0 Å². The molecule has 0 aromatic rings. The molecule has 0 saturated carbocycles. The minimum absolute atomic E-state index is 0.138. The van der Waals surface area contributed by atoms with Gasteiger partial charge in [0, 0.05) is 13.1 Å². The molecule has 8 heteroatoms. The van der Waals surface area contributed by atoms with E-state index in [4.69, 9.17) is 15.6 Å². The van der Waals surface area contributed by atoms with Gasteiger partial charge in [-0.3, -0.25) is 9.59 Å². The van der Waals surface area contributed by atoms with E-state index in [1.807, 2.05) is 0 Å². The molecule has 8 nitrogen and oxygen atoms in total. The largest absolute Gasteiger partial charge is 0.480 e. The van der Waals surface area contributed by atoms with E-state index < -0.39 is 17.9 Å². The van der Waals surface area contributed by atoms with Crippen LogP contribution in [0.2, 0.25) is 0 Å². The van der Waals surface area contributed by atoms with E-state index in [0.29, 0.717) is 6.54 Å². The van der Waals surface area contributed by atoms with Gasteiger partial charge in [-0.25, -0.2) is 4.79 Å². The SMILES string of the molecule is CCN(CC(=O)O)C(=O)NCCOCC(N)=O. The van der Waals surface area contributed by atoms with Crippen LogP contribution in [-0.2, 0) is 14.3 Å². The van der Waals surface area contributed by atoms with Crippen molar-refractivity contribution in [2.24, 2.45) is 5.73 Å². The molecule has 0 bridgehead atoms. The molecular formula is C9H17N3O5. The number of carboxylic acid groups (broad SMARTS) is 1. The fraction of sp³-hybridized carbons (Fsp3) is 0.667. The standard InChI is InChI=1S/C9H17N3O5/c1-2-12(5-8(14)15)9(16)11-3-4-17-6-7(10)13/h2-6H2,1H3,(H2,10,13)(H,11,16)(H,14,15). The molecule has 17 heavy (non-hydrogen) atoms. The Kier molecular flexibility index (Phi) is 7.44. The summed E-state index contributed by atoms with van der Waals surface area (Å²) in [5.74, 6) is -1.66. The number of ether oxygens (including phenoxy) is 1. The van der Waals surface area contributed by atoms with E-state index in [2.05, 4.69) is 5.32 Å². The molecule has 4 N–H and O–H groups in total. The Bertz CT molecular complexity index is 282. The average Bonchev–Trinajstić information content (AvgIpc) is 2.24. The quantitative estimate of drug-likeness (QED) is 0.455. The number of carbonyl (C=O) groups is 3. The smallest absolute Gasteiger partial charge is 0.323 e. The normalized spacial score (nSPS) is 9.71. The lowest BCUT2D eigenvalue weighted by atomic mass is 10.5. The second kappa shape index (κ2) is 8.34. The van der Waals surface area contributed by atoms with Crippen LogP contribution in [0.5, 0.6) is 0 Å². The molecule has 0 atom stereocenters. The van der Waals surface area contributed by atoms with Crippen molar-refractivity contribution in [3.05, 3.63) is 0 Å². The Morgan fingerprint density at radius 1 is 1.41 bits per heavy atom. The van der Waals surface area contributed by atoms with Crippen molar-refractivity contribution in [2.45, 2.75) is 6.92 Å². The van der Waals surface area contributed by atoms with Crippen LogP contribution in [0, 0.1) is 0 Å². The summed E-state index contributed by atoms with van der Waals surface area (Å²) in [7, 11) is 0. The van der Waals surface area contributed by atoms with E-state index in [-0.39, 0.29) is 26.3 Å². The summed E-state index contributed by atoms with van der Waals surface area (Å²) in [6, 6.07) is -0.488. The van der Waals surface area contributed by atoms with Crippen molar-refractivity contribution < 1.29 is 24.2 Å². The molecule has 0 aliphatic heterocycles. The Morgan fingerprint density at radius 2 is 2.06 bits per heavy atom. The molecule has 98 valence electrons. The summed E-state index contributed by atoms with van der Waals surface area (Å²) in [6.07, 6.45) is 0. The predicted molar refractivity (Wildman–Crippen MR) is 58.3 cm³/mol. The molecule has 0 aliphatic carbocycles. The highest BCUT2D eigenvalue weighted by molar-refractivity contribution is 5.80. The molecule has 0 heterocycles. The van der Waals surface area contributed by atoms with Crippen molar-refractivity contribution in [3.8, 4) is 0 Å². The van der Waals surface area contributed by atoms with Gasteiger partial charge in [-0.2, -0.15) is 0 Å². The predicted octanol–water partition coefficient (Wildman–Crippen LogP) is -1.40. The average molecular weight is 247 g/mol. The summed E-state index contributed by atoms with van der Waals surface area (Å²) in [5, 5.41) is 11.0. The highest BCUT2D eigenvalue weighted by Crippen LogP contribution is 1.88. The maximum Gasteiger partial charge on any atom is 0.323 e.